The zero-order valence-corrected chi connectivity index (χ0v) is 17.0. The summed E-state index contributed by atoms with van der Waals surface area (Å²) < 4.78 is 11.9. The van der Waals surface area contributed by atoms with Crippen LogP contribution in [0.5, 0.6) is 0 Å². The molecule has 1 aromatic heterocycles. The largest absolute Gasteiger partial charge is 0.461 e. The van der Waals surface area contributed by atoms with E-state index in [1.165, 1.54) is 23.0 Å². The molecule has 0 amide bonds. The van der Waals surface area contributed by atoms with Crippen molar-refractivity contribution in [3.05, 3.63) is 36.4 Å². The van der Waals surface area contributed by atoms with Crippen LogP contribution in [0.25, 0.3) is 10.2 Å². The van der Waals surface area contributed by atoms with Crippen LogP contribution in [-0.2, 0) is 23.9 Å². The van der Waals surface area contributed by atoms with Gasteiger partial charge in [0.15, 0.2) is 4.34 Å². The van der Waals surface area contributed by atoms with Crippen molar-refractivity contribution >= 4 is 45.5 Å². The number of thiazole rings is 1. The molecule has 0 radical (unpaired) electrons. The normalized spacial score (nSPS) is 12.6. The molecule has 0 bridgehead atoms. The van der Waals surface area contributed by atoms with E-state index < -0.39 is 17.9 Å². The van der Waals surface area contributed by atoms with Crippen molar-refractivity contribution in [1.29, 1.82) is 0 Å². The van der Waals surface area contributed by atoms with Gasteiger partial charge in [-0.05, 0) is 17.0 Å². The minimum Gasteiger partial charge on any atom is -0.461 e. The average molecular weight is 394 g/mol. The molecule has 7 heteroatoms. The maximum absolute atomic E-state index is 12.1. The van der Waals surface area contributed by atoms with Gasteiger partial charge in [0, 0.05) is 0 Å². The number of nitrogens with zero attached hydrogens (tertiary/aromatic N) is 1. The standard InChI is InChI=1S/C19H23NO4S2/c1-6-10-23-15(21)11-12(2)17(22)24-26-18-20-14-9-7-8-13(16(14)25-18)19(3,4)5/h6-9,12H,1,10-11H2,2-5H3. The van der Waals surface area contributed by atoms with E-state index in [1.54, 1.807) is 6.92 Å². The minimum atomic E-state index is -0.584. The first kappa shape index (κ1) is 20.5. The smallest absolute Gasteiger partial charge is 0.321 e. The number of carbonyl (C=O) groups excluding carboxylic acids is 2. The highest BCUT2D eigenvalue weighted by atomic mass is 32.2. The summed E-state index contributed by atoms with van der Waals surface area (Å²) >= 11 is 2.44. The Morgan fingerprint density at radius 2 is 2.12 bits per heavy atom. The van der Waals surface area contributed by atoms with Gasteiger partial charge in [0.05, 0.1) is 22.6 Å². The predicted octanol–water partition coefficient (Wildman–Crippen LogP) is 4.90. The molecule has 0 saturated heterocycles. The van der Waals surface area contributed by atoms with Gasteiger partial charge >= 0.3 is 11.9 Å². The van der Waals surface area contributed by atoms with Gasteiger partial charge in [-0.15, -0.1) is 11.3 Å². The summed E-state index contributed by atoms with van der Waals surface area (Å²) in [6.07, 6.45) is 1.46. The third-order valence-corrected chi connectivity index (χ3v) is 5.47. The van der Waals surface area contributed by atoms with Crippen LogP contribution in [0.2, 0.25) is 0 Å². The Kier molecular flexibility index (Phi) is 6.83. The van der Waals surface area contributed by atoms with Crippen LogP contribution in [0.4, 0.5) is 0 Å². The van der Waals surface area contributed by atoms with Gasteiger partial charge in [-0.2, -0.15) is 0 Å². The first-order valence-electron chi connectivity index (χ1n) is 8.27. The van der Waals surface area contributed by atoms with Gasteiger partial charge in [-0.3, -0.25) is 9.59 Å². The Bertz CT molecular complexity index is 807. The number of hydrogen-bond donors (Lipinski definition) is 0. The Morgan fingerprint density at radius 1 is 1.38 bits per heavy atom. The lowest BCUT2D eigenvalue weighted by Crippen LogP contribution is -2.17. The molecule has 5 nitrogen and oxygen atoms in total. The molecule has 2 rings (SSSR count). The molecule has 0 aliphatic carbocycles. The zero-order valence-electron chi connectivity index (χ0n) is 15.4. The molecule has 0 fully saturated rings. The Labute approximate surface area is 162 Å². The zero-order chi connectivity index (χ0) is 19.3. The van der Waals surface area contributed by atoms with Crippen LogP contribution < -0.4 is 0 Å². The van der Waals surface area contributed by atoms with Crippen molar-refractivity contribution < 1.29 is 18.5 Å². The second-order valence-corrected chi connectivity index (χ2v) is 8.92. The molecule has 140 valence electrons. The van der Waals surface area contributed by atoms with Crippen LogP contribution in [0.15, 0.2) is 35.2 Å². The summed E-state index contributed by atoms with van der Waals surface area (Å²) in [5.74, 6) is -1.51. The van der Waals surface area contributed by atoms with Gasteiger partial charge < -0.3 is 8.92 Å². The summed E-state index contributed by atoms with van der Waals surface area (Å²) in [6.45, 7) is 11.7. The van der Waals surface area contributed by atoms with Gasteiger partial charge in [-0.25, -0.2) is 4.98 Å². The van der Waals surface area contributed by atoms with Crippen LogP contribution >= 0.6 is 23.4 Å². The van der Waals surface area contributed by atoms with Gasteiger partial charge in [0.25, 0.3) is 0 Å². The average Bonchev–Trinajstić information content (AvgIpc) is 2.99. The van der Waals surface area contributed by atoms with Crippen LogP contribution in [-0.4, -0.2) is 23.5 Å². The number of fused-ring (bicyclic) bond motifs is 1. The highest BCUT2D eigenvalue weighted by Gasteiger charge is 2.22. The number of aromatic nitrogens is 1. The summed E-state index contributed by atoms with van der Waals surface area (Å²) in [5, 5.41) is 0. The first-order valence-corrected chi connectivity index (χ1v) is 9.83. The molecule has 1 unspecified atom stereocenters. The fourth-order valence-corrected chi connectivity index (χ4v) is 4.22. The topological polar surface area (TPSA) is 65.5 Å². The molecule has 2 aromatic rings. The van der Waals surface area contributed by atoms with E-state index in [-0.39, 0.29) is 18.4 Å². The lowest BCUT2D eigenvalue weighted by molar-refractivity contribution is -0.148. The SMILES string of the molecule is C=CCOC(=O)CC(C)C(=O)OSc1nc2cccc(C(C)(C)C)c2s1. The van der Waals surface area contributed by atoms with Gasteiger partial charge in [0.2, 0.25) is 0 Å². The quantitative estimate of drug-likeness (QED) is 0.379. The van der Waals surface area contributed by atoms with Crippen molar-refractivity contribution in [2.45, 2.75) is 43.9 Å². The molecular formula is C19H23NO4S2. The van der Waals surface area contributed by atoms with Crippen LogP contribution in [0, 0.1) is 5.92 Å². The van der Waals surface area contributed by atoms with Crippen molar-refractivity contribution in [3.8, 4) is 0 Å². The lowest BCUT2D eigenvalue weighted by Gasteiger charge is -2.19. The highest BCUT2D eigenvalue weighted by Crippen LogP contribution is 2.37. The van der Waals surface area contributed by atoms with Gasteiger partial charge in [0.1, 0.15) is 18.6 Å². The number of hydrogen-bond acceptors (Lipinski definition) is 7. The highest BCUT2D eigenvalue weighted by molar-refractivity contribution is 7.97. The lowest BCUT2D eigenvalue weighted by atomic mass is 9.87. The van der Waals surface area contributed by atoms with E-state index in [0.29, 0.717) is 4.34 Å². The Morgan fingerprint density at radius 3 is 2.77 bits per heavy atom. The maximum atomic E-state index is 12.1. The molecule has 1 atom stereocenters. The molecule has 0 spiro atoms. The van der Waals surface area contributed by atoms with E-state index in [4.69, 9.17) is 8.92 Å². The third-order valence-electron chi connectivity index (χ3n) is 3.64. The van der Waals surface area contributed by atoms with E-state index in [2.05, 4.69) is 38.4 Å². The monoisotopic (exact) mass is 393 g/mol. The molecule has 0 aliphatic heterocycles. The molecular weight excluding hydrogens is 370 g/mol. The van der Waals surface area contributed by atoms with E-state index in [0.717, 1.165) is 22.3 Å². The van der Waals surface area contributed by atoms with E-state index in [9.17, 15) is 9.59 Å². The predicted molar refractivity (Wildman–Crippen MR) is 105 cm³/mol. The van der Waals surface area contributed by atoms with Crippen molar-refractivity contribution in [2.24, 2.45) is 5.92 Å². The third kappa shape index (κ3) is 5.32. The minimum absolute atomic E-state index is 0.00493. The van der Waals surface area contributed by atoms with Crippen molar-refractivity contribution in [3.63, 3.8) is 0 Å². The molecule has 26 heavy (non-hydrogen) atoms. The van der Waals surface area contributed by atoms with Crippen molar-refractivity contribution in [2.75, 3.05) is 6.61 Å². The van der Waals surface area contributed by atoms with E-state index in [1.807, 2.05) is 12.1 Å². The van der Waals surface area contributed by atoms with Gasteiger partial charge in [-0.1, -0.05) is 52.5 Å². The number of esters is 1. The second kappa shape index (κ2) is 8.68. The molecule has 1 aromatic carbocycles. The van der Waals surface area contributed by atoms with Crippen LogP contribution in [0.3, 0.4) is 0 Å². The van der Waals surface area contributed by atoms with Crippen LogP contribution in [0.1, 0.15) is 39.7 Å². The number of ether oxygens (including phenoxy) is 1. The fraction of sp³-hybridized carbons (Fsp3) is 0.421. The summed E-state index contributed by atoms with van der Waals surface area (Å²) in [7, 11) is 0. The first-order chi connectivity index (χ1) is 12.2. The molecule has 0 N–H and O–H groups in total. The summed E-state index contributed by atoms with van der Waals surface area (Å²) in [5.41, 5.74) is 2.11. The summed E-state index contributed by atoms with van der Waals surface area (Å²) in [4.78, 5) is 28.1. The molecule has 1 heterocycles. The number of carbonyl (C=O) groups is 2. The number of rotatable bonds is 7. The molecule has 0 aliphatic rings. The van der Waals surface area contributed by atoms with Crippen molar-refractivity contribution in [1.82, 2.24) is 4.98 Å². The Hall–Kier alpha value is -1.86. The maximum Gasteiger partial charge on any atom is 0.321 e. The number of benzene rings is 1. The molecule has 0 saturated carbocycles. The fourth-order valence-electron chi connectivity index (χ4n) is 2.26. The summed E-state index contributed by atoms with van der Waals surface area (Å²) in [6, 6.07) is 6.03. The van der Waals surface area contributed by atoms with E-state index >= 15 is 0 Å². The Balaban J connectivity index is 2.00. The second-order valence-electron chi connectivity index (χ2n) is 6.95.